The molecule has 0 aliphatic carbocycles. The summed E-state index contributed by atoms with van der Waals surface area (Å²) in [5.41, 5.74) is 0.491. The van der Waals surface area contributed by atoms with Crippen LogP contribution in [0.15, 0.2) is 47.6 Å². The quantitative estimate of drug-likeness (QED) is 0.372. The van der Waals surface area contributed by atoms with Gasteiger partial charge in [0.25, 0.3) is 10.0 Å². The predicted octanol–water partition coefficient (Wildman–Crippen LogP) is 4.72. The summed E-state index contributed by atoms with van der Waals surface area (Å²) in [6.07, 6.45) is 4.85. The maximum Gasteiger partial charge on any atom is 0.317 e. The highest BCUT2D eigenvalue weighted by atomic mass is 32.2. The van der Waals surface area contributed by atoms with Crippen molar-refractivity contribution in [1.82, 2.24) is 4.98 Å². The number of sulfonamides is 1. The molecule has 2 atom stereocenters. The number of ether oxygens (including phenoxy) is 1. The molecule has 8 nitrogen and oxygen atoms in total. The largest absolute Gasteiger partial charge is 0.458 e. The zero-order chi connectivity index (χ0) is 25.6. The maximum absolute atomic E-state index is 13.3. The number of nitriles is 1. The summed E-state index contributed by atoms with van der Waals surface area (Å²) in [5.74, 6) is -1.98. The van der Waals surface area contributed by atoms with Gasteiger partial charge in [-0.1, -0.05) is 45.7 Å². The molecular formula is C26H31N3O5S. The van der Waals surface area contributed by atoms with E-state index in [1.807, 2.05) is 26.8 Å². The third kappa shape index (κ3) is 5.88. The zero-order valence-corrected chi connectivity index (χ0v) is 21.1. The molecule has 1 aliphatic heterocycles. The number of hydrogen-bond acceptors (Lipinski definition) is 7. The molecule has 0 bridgehead atoms. The number of carbonyl (C=O) groups excluding carboxylic acids is 2. The van der Waals surface area contributed by atoms with Crippen molar-refractivity contribution in [3.8, 4) is 6.07 Å². The first kappa shape index (κ1) is 26.4. The fourth-order valence-corrected chi connectivity index (χ4v) is 5.87. The van der Waals surface area contributed by atoms with Crippen molar-refractivity contribution >= 4 is 27.5 Å². The first-order valence-electron chi connectivity index (χ1n) is 11.9. The molecule has 1 N–H and O–H groups in total. The first-order valence-corrected chi connectivity index (χ1v) is 13.4. The maximum atomic E-state index is 13.3. The number of cyclic esters (lactones) is 1. The fraction of sp³-hybridized carbons (Fsp3) is 0.462. The number of benzene rings is 1. The van der Waals surface area contributed by atoms with Crippen molar-refractivity contribution in [2.45, 2.75) is 75.8 Å². The van der Waals surface area contributed by atoms with Crippen LogP contribution in [0.2, 0.25) is 0 Å². The van der Waals surface area contributed by atoms with Crippen LogP contribution in [0.5, 0.6) is 0 Å². The lowest BCUT2D eigenvalue weighted by atomic mass is 9.74. The van der Waals surface area contributed by atoms with E-state index in [9.17, 15) is 18.0 Å². The van der Waals surface area contributed by atoms with Crippen molar-refractivity contribution in [1.29, 1.82) is 5.26 Å². The topological polar surface area (TPSA) is 126 Å². The molecule has 2 aromatic rings. The summed E-state index contributed by atoms with van der Waals surface area (Å²) >= 11 is 0. The lowest BCUT2D eigenvalue weighted by Gasteiger charge is -2.40. The van der Waals surface area contributed by atoms with E-state index in [2.05, 4.69) is 9.71 Å². The Hall–Kier alpha value is -3.25. The van der Waals surface area contributed by atoms with Crippen LogP contribution >= 0.6 is 0 Å². The van der Waals surface area contributed by atoms with Crippen LogP contribution in [0.3, 0.4) is 0 Å². The second kappa shape index (κ2) is 11.0. The van der Waals surface area contributed by atoms with E-state index >= 15 is 0 Å². The molecule has 1 unspecified atom stereocenters. The number of anilines is 1. The highest BCUT2D eigenvalue weighted by molar-refractivity contribution is 7.92. The molecule has 3 rings (SSSR count). The smallest absolute Gasteiger partial charge is 0.317 e. The van der Waals surface area contributed by atoms with E-state index in [1.165, 1.54) is 18.3 Å². The van der Waals surface area contributed by atoms with Gasteiger partial charge in [-0.2, -0.15) is 13.7 Å². The van der Waals surface area contributed by atoms with Gasteiger partial charge in [0, 0.05) is 24.2 Å². The molecule has 0 amide bonds. The number of Topliss-reactive ketones (excluding diaryl/α,β-unsaturated/α-hetero) is 1. The number of rotatable bonds is 10. The summed E-state index contributed by atoms with van der Waals surface area (Å²) in [7, 11) is -3.99. The molecule has 186 valence electrons. The lowest BCUT2D eigenvalue weighted by molar-refractivity contribution is -0.180. The summed E-state index contributed by atoms with van der Waals surface area (Å²) < 4.78 is 34.0. The van der Waals surface area contributed by atoms with Crippen molar-refractivity contribution in [3.63, 3.8) is 0 Å². The number of nitrogens with zero attached hydrogens (tertiary/aromatic N) is 2. The van der Waals surface area contributed by atoms with E-state index in [0.29, 0.717) is 24.8 Å². The third-order valence-electron chi connectivity index (χ3n) is 6.38. The number of ketones is 1. The van der Waals surface area contributed by atoms with Gasteiger partial charge in [-0.15, -0.1) is 0 Å². The first-order chi connectivity index (χ1) is 16.7. The summed E-state index contributed by atoms with van der Waals surface area (Å²) in [6.45, 7) is 5.91. The number of carbonyl (C=O) groups is 2. The van der Waals surface area contributed by atoms with Crippen LogP contribution in [0.25, 0.3) is 0 Å². The average molecular weight is 498 g/mol. The Bertz CT molecular complexity index is 1190. The number of esters is 1. The Morgan fingerprint density at radius 3 is 2.43 bits per heavy atom. The Morgan fingerprint density at radius 2 is 1.89 bits per heavy atom. The SMILES string of the molecule is CCCC1(CCC)CC(=O)C([C@H](CC)c2cccc(NS(=O)(=O)c3ccc(C#N)cn3)c2)C(=O)O1. The Labute approximate surface area is 206 Å². The standard InChI is InChI=1S/C26H31N3O5S/c1-4-12-26(13-5-2)15-22(30)24(25(31)34-26)21(6-3)19-8-7-9-20(14-19)29-35(32,33)23-11-10-18(16-27)17-28-23/h7-11,14,17,21,24,29H,4-6,12-13,15H2,1-3H3/t21-,24?/m1/s1. The number of nitrogens with one attached hydrogen (secondary N) is 1. The second-order valence-electron chi connectivity index (χ2n) is 8.97. The monoisotopic (exact) mass is 497 g/mol. The Morgan fingerprint density at radius 1 is 1.17 bits per heavy atom. The molecule has 0 radical (unpaired) electrons. The molecule has 35 heavy (non-hydrogen) atoms. The highest BCUT2D eigenvalue weighted by Gasteiger charge is 2.48. The minimum atomic E-state index is -3.99. The molecule has 2 heterocycles. The number of hydrogen-bond donors (Lipinski definition) is 1. The highest BCUT2D eigenvalue weighted by Crippen LogP contribution is 2.41. The van der Waals surface area contributed by atoms with Gasteiger partial charge in [-0.05, 0) is 49.1 Å². The molecule has 1 saturated heterocycles. The van der Waals surface area contributed by atoms with Gasteiger partial charge >= 0.3 is 5.97 Å². The number of pyridine rings is 1. The van der Waals surface area contributed by atoms with Gasteiger partial charge in [0.1, 0.15) is 17.6 Å². The lowest BCUT2D eigenvalue weighted by Crippen LogP contribution is -2.49. The van der Waals surface area contributed by atoms with Crippen molar-refractivity contribution < 1.29 is 22.7 Å². The van der Waals surface area contributed by atoms with Crippen LogP contribution in [0.4, 0.5) is 5.69 Å². The Balaban J connectivity index is 1.85. The second-order valence-corrected chi connectivity index (χ2v) is 10.6. The van der Waals surface area contributed by atoms with Crippen LogP contribution in [0.1, 0.15) is 76.3 Å². The minimum absolute atomic E-state index is 0.122. The van der Waals surface area contributed by atoms with Crippen LogP contribution in [0, 0.1) is 17.2 Å². The van der Waals surface area contributed by atoms with E-state index < -0.39 is 33.4 Å². The molecule has 1 aromatic heterocycles. The average Bonchev–Trinajstić information content (AvgIpc) is 2.81. The fourth-order valence-electron chi connectivity index (χ4n) is 4.89. The van der Waals surface area contributed by atoms with Gasteiger partial charge < -0.3 is 4.74 Å². The number of aromatic nitrogens is 1. The summed E-state index contributed by atoms with van der Waals surface area (Å²) in [6, 6.07) is 11.2. The van der Waals surface area contributed by atoms with Gasteiger partial charge in [0.05, 0.1) is 5.56 Å². The zero-order valence-electron chi connectivity index (χ0n) is 20.3. The van der Waals surface area contributed by atoms with E-state index in [1.54, 1.807) is 24.3 Å². The predicted molar refractivity (Wildman–Crippen MR) is 131 cm³/mol. The third-order valence-corrected chi connectivity index (χ3v) is 7.67. The van der Waals surface area contributed by atoms with Crippen molar-refractivity contribution in [3.05, 3.63) is 53.7 Å². The van der Waals surface area contributed by atoms with E-state index in [-0.39, 0.29) is 28.5 Å². The van der Waals surface area contributed by atoms with Gasteiger partial charge in [-0.3, -0.25) is 14.3 Å². The minimum Gasteiger partial charge on any atom is -0.458 e. The molecule has 9 heteroatoms. The van der Waals surface area contributed by atoms with Crippen LogP contribution in [-0.2, 0) is 24.3 Å². The van der Waals surface area contributed by atoms with Gasteiger partial charge in [0.2, 0.25) is 0 Å². The van der Waals surface area contributed by atoms with E-state index in [0.717, 1.165) is 12.8 Å². The molecular weight excluding hydrogens is 466 g/mol. The van der Waals surface area contributed by atoms with Gasteiger partial charge in [0.15, 0.2) is 10.8 Å². The van der Waals surface area contributed by atoms with Crippen LogP contribution in [-0.4, -0.2) is 30.8 Å². The molecule has 0 spiro atoms. The Kier molecular flexibility index (Phi) is 8.28. The van der Waals surface area contributed by atoms with E-state index in [4.69, 9.17) is 10.00 Å². The van der Waals surface area contributed by atoms with Crippen LogP contribution < -0.4 is 4.72 Å². The molecule has 1 aliphatic rings. The van der Waals surface area contributed by atoms with Crippen molar-refractivity contribution in [2.75, 3.05) is 4.72 Å². The van der Waals surface area contributed by atoms with Gasteiger partial charge in [-0.25, -0.2) is 4.98 Å². The summed E-state index contributed by atoms with van der Waals surface area (Å²) in [4.78, 5) is 30.2. The normalized spacial score (nSPS) is 18.4. The summed E-state index contributed by atoms with van der Waals surface area (Å²) in [5, 5.41) is 8.67. The molecule has 1 aromatic carbocycles. The molecule has 0 saturated carbocycles. The molecule has 1 fully saturated rings. The van der Waals surface area contributed by atoms with Crippen molar-refractivity contribution in [2.24, 2.45) is 5.92 Å².